The molecule has 8 nitrogen and oxygen atoms in total. The van der Waals surface area contributed by atoms with Crippen LogP contribution in [0, 0.1) is 6.92 Å². The average Bonchev–Trinajstić information content (AvgIpc) is 3.58. The number of fused-ring (bicyclic) bond motifs is 1. The molecule has 1 aliphatic heterocycles. The molecule has 1 amide bonds. The molecule has 0 saturated carbocycles. The molecule has 0 radical (unpaired) electrons. The Bertz CT molecular complexity index is 1330. The van der Waals surface area contributed by atoms with Crippen LogP contribution in [0.25, 0.3) is 11.5 Å². The van der Waals surface area contributed by atoms with Gasteiger partial charge in [0.05, 0.1) is 45.8 Å². The third-order valence-electron chi connectivity index (χ3n) is 6.02. The first-order valence-corrected chi connectivity index (χ1v) is 10.9. The number of amides is 1. The number of ether oxygens (including phenoxy) is 3. The van der Waals surface area contributed by atoms with Gasteiger partial charge in [0.1, 0.15) is 5.82 Å². The number of aromatic nitrogens is 3. The Balaban J connectivity index is 1.52. The minimum Gasteiger partial charge on any atom is -0.493 e. The quantitative estimate of drug-likeness (QED) is 0.434. The van der Waals surface area contributed by atoms with Crippen molar-refractivity contribution in [1.29, 1.82) is 0 Å². The van der Waals surface area contributed by atoms with E-state index >= 15 is 0 Å². The highest BCUT2D eigenvalue weighted by atomic mass is 16.5. The number of hydrogen-bond acceptors (Lipinski definition) is 5. The molecule has 0 unspecified atom stereocenters. The maximum absolute atomic E-state index is 13.5. The smallest absolute Gasteiger partial charge is 0.254 e. The summed E-state index contributed by atoms with van der Waals surface area (Å²) < 4.78 is 20.2. The summed E-state index contributed by atoms with van der Waals surface area (Å²) in [6.07, 6.45) is 3.99. The lowest BCUT2D eigenvalue weighted by Gasteiger charge is -2.19. The second kappa shape index (κ2) is 8.62. The fraction of sp³-hybridized carbons (Fsp3) is 0.231. The summed E-state index contributed by atoms with van der Waals surface area (Å²) in [6, 6.07) is 15.6. The zero-order valence-corrected chi connectivity index (χ0v) is 19.6. The number of methoxy groups -OCH3 is 3. The minimum atomic E-state index is -0.127. The van der Waals surface area contributed by atoms with Gasteiger partial charge in [0.2, 0.25) is 5.75 Å². The van der Waals surface area contributed by atoms with E-state index in [1.165, 1.54) is 21.3 Å². The van der Waals surface area contributed by atoms with E-state index in [1.807, 2.05) is 45.9 Å². The number of hydrogen-bond donors (Lipinski definition) is 0. The molecule has 0 atom stereocenters. The van der Waals surface area contributed by atoms with Gasteiger partial charge in [-0.2, -0.15) is 5.10 Å². The monoisotopic (exact) mass is 458 g/mol. The highest BCUT2D eigenvalue weighted by molar-refractivity contribution is 5.96. The van der Waals surface area contributed by atoms with Crippen molar-refractivity contribution >= 4 is 5.91 Å². The maximum atomic E-state index is 13.5. The Labute approximate surface area is 197 Å². The van der Waals surface area contributed by atoms with Crippen molar-refractivity contribution in [2.75, 3.05) is 21.3 Å². The van der Waals surface area contributed by atoms with Crippen molar-refractivity contribution in [2.24, 2.45) is 0 Å². The van der Waals surface area contributed by atoms with Crippen LogP contribution in [0.3, 0.4) is 0 Å². The Morgan fingerprint density at radius 2 is 1.62 bits per heavy atom. The molecule has 2 aromatic heterocycles. The van der Waals surface area contributed by atoms with Gasteiger partial charge in [0.25, 0.3) is 5.91 Å². The summed E-state index contributed by atoms with van der Waals surface area (Å²) in [5, 5.41) is 4.91. The lowest BCUT2D eigenvalue weighted by molar-refractivity contribution is 0.0748. The number of aryl methyl sites for hydroxylation is 1. The SMILES string of the molecule is COc1cc(C(=O)N2Cc3nn(-c4cccc(C)c4)c(-n4cccc4)c3C2)cc(OC)c1OC. The Morgan fingerprint density at radius 1 is 0.912 bits per heavy atom. The maximum Gasteiger partial charge on any atom is 0.254 e. The third-order valence-corrected chi connectivity index (χ3v) is 6.02. The molecule has 3 heterocycles. The van der Waals surface area contributed by atoms with Crippen LogP contribution in [-0.4, -0.2) is 46.5 Å². The van der Waals surface area contributed by atoms with Crippen LogP contribution in [0.1, 0.15) is 27.2 Å². The molecule has 5 rings (SSSR count). The molecule has 4 aromatic rings. The highest BCUT2D eigenvalue weighted by Crippen LogP contribution is 2.39. The van der Waals surface area contributed by atoms with E-state index in [4.69, 9.17) is 19.3 Å². The van der Waals surface area contributed by atoms with E-state index in [-0.39, 0.29) is 5.91 Å². The second-order valence-corrected chi connectivity index (χ2v) is 8.17. The number of carbonyl (C=O) groups excluding carboxylic acids is 1. The van der Waals surface area contributed by atoms with Crippen LogP contribution in [-0.2, 0) is 13.1 Å². The molecule has 0 bridgehead atoms. The first kappa shape index (κ1) is 21.6. The fourth-order valence-electron chi connectivity index (χ4n) is 4.41. The van der Waals surface area contributed by atoms with Crippen LogP contribution in [0.4, 0.5) is 0 Å². The lowest BCUT2D eigenvalue weighted by Crippen LogP contribution is -2.26. The molecule has 0 aliphatic carbocycles. The third kappa shape index (κ3) is 3.57. The van der Waals surface area contributed by atoms with Crippen molar-refractivity contribution in [1.82, 2.24) is 19.2 Å². The highest BCUT2D eigenvalue weighted by Gasteiger charge is 2.32. The van der Waals surface area contributed by atoms with Crippen molar-refractivity contribution in [3.63, 3.8) is 0 Å². The zero-order valence-electron chi connectivity index (χ0n) is 19.6. The van der Waals surface area contributed by atoms with Gasteiger partial charge in [-0.25, -0.2) is 4.68 Å². The molecule has 0 fully saturated rings. The van der Waals surface area contributed by atoms with Gasteiger partial charge in [-0.05, 0) is 48.9 Å². The van der Waals surface area contributed by atoms with E-state index in [1.54, 1.807) is 17.0 Å². The molecular formula is C26H26N4O4. The largest absolute Gasteiger partial charge is 0.493 e. The number of nitrogens with zero attached hydrogens (tertiary/aromatic N) is 4. The van der Waals surface area contributed by atoms with Crippen molar-refractivity contribution in [3.05, 3.63) is 83.3 Å². The summed E-state index contributed by atoms with van der Waals surface area (Å²) in [6.45, 7) is 2.93. The van der Waals surface area contributed by atoms with E-state index in [2.05, 4.69) is 19.1 Å². The second-order valence-electron chi connectivity index (χ2n) is 8.17. The number of benzene rings is 2. The van der Waals surface area contributed by atoms with E-state index in [9.17, 15) is 4.79 Å². The van der Waals surface area contributed by atoms with Crippen LogP contribution < -0.4 is 14.2 Å². The molecule has 2 aromatic carbocycles. The van der Waals surface area contributed by atoms with E-state index in [0.29, 0.717) is 35.9 Å². The van der Waals surface area contributed by atoms with E-state index in [0.717, 1.165) is 28.3 Å². The Hall–Kier alpha value is -4.20. The average molecular weight is 459 g/mol. The molecular weight excluding hydrogens is 432 g/mol. The number of rotatable bonds is 6. The van der Waals surface area contributed by atoms with Gasteiger partial charge < -0.3 is 23.7 Å². The first-order valence-electron chi connectivity index (χ1n) is 10.9. The molecule has 8 heteroatoms. The van der Waals surface area contributed by atoms with Crippen LogP contribution in [0.2, 0.25) is 0 Å². The molecule has 1 aliphatic rings. The Kier molecular flexibility index (Phi) is 5.49. The van der Waals surface area contributed by atoms with Gasteiger partial charge in [-0.15, -0.1) is 0 Å². The lowest BCUT2D eigenvalue weighted by atomic mass is 10.1. The summed E-state index contributed by atoms with van der Waals surface area (Å²) >= 11 is 0. The first-order chi connectivity index (χ1) is 16.5. The predicted molar refractivity (Wildman–Crippen MR) is 127 cm³/mol. The molecule has 0 saturated heterocycles. The number of carbonyl (C=O) groups is 1. The van der Waals surface area contributed by atoms with Gasteiger partial charge in [0, 0.05) is 23.5 Å². The van der Waals surface area contributed by atoms with Crippen molar-refractivity contribution in [3.8, 4) is 28.8 Å². The van der Waals surface area contributed by atoms with Crippen molar-refractivity contribution in [2.45, 2.75) is 20.0 Å². The topological polar surface area (TPSA) is 70.8 Å². The summed E-state index contributed by atoms with van der Waals surface area (Å²) in [4.78, 5) is 15.3. The predicted octanol–water partition coefficient (Wildman–Crippen LogP) is 4.15. The normalized spacial score (nSPS) is 12.5. The summed E-state index contributed by atoms with van der Waals surface area (Å²) in [7, 11) is 4.61. The van der Waals surface area contributed by atoms with E-state index < -0.39 is 0 Å². The van der Waals surface area contributed by atoms with Gasteiger partial charge in [-0.3, -0.25) is 4.79 Å². The minimum absolute atomic E-state index is 0.127. The standard InChI is InChI=1S/C26H26N4O4/c1-17-8-7-9-19(12-17)30-25(28-10-5-6-11-28)20-15-29(16-21(20)27-30)26(31)18-13-22(32-2)24(34-4)23(14-18)33-3/h5-14H,15-16H2,1-4H3. The molecule has 174 valence electrons. The summed E-state index contributed by atoms with van der Waals surface area (Å²) in [5.74, 6) is 2.15. The van der Waals surface area contributed by atoms with Crippen LogP contribution in [0.5, 0.6) is 17.2 Å². The summed E-state index contributed by atoms with van der Waals surface area (Å²) in [5.41, 5.74) is 4.52. The molecule has 0 spiro atoms. The van der Waals surface area contributed by atoms with Gasteiger partial charge in [-0.1, -0.05) is 12.1 Å². The van der Waals surface area contributed by atoms with Gasteiger partial charge in [0.15, 0.2) is 11.5 Å². The van der Waals surface area contributed by atoms with Crippen LogP contribution in [0.15, 0.2) is 60.9 Å². The van der Waals surface area contributed by atoms with Crippen molar-refractivity contribution < 1.29 is 19.0 Å². The zero-order chi connectivity index (χ0) is 23.8. The fourth-order valence-corrected chi connectivity index (χ4v) is 4.41. The molecule has 0 N–H and O–H groups in total. The van der Waals surface area contributed by atoms with Crippen LogP contribution >= 0.6 is 0 Å². The Morgan fingerprint density at radius 3 is 2.24 bits per heavy atom. The van der Waals surface area contributed by atoms with Gasteiger partial charge >= 0.3 is 0 Å². The molecule has 34 heavy (non-hydrogen) atoms.